The molecule has 0 aliphatic carbocycles. The molecule has 0 heterocycles. The lowest BCUT2D eigenvalue weighted by molar-refractivity contribution is 0.0539. The van der Waals surface area contributed by atoms with Gasteiger partial charge < -0.3 is 28.8 Å². The third kappa shape index (κ3) is 7.12. The van der Waals surface area contributed by atoms with E-state index in [1.807, 2.05) is 42.5 Å². The number of aliphatic hydroxyl groups is 1. The molecule has 29 heavy (non-hydrogen) atoms. The van der Waals surface area contributed by atoms with Gasteiger partial charge in [-0.3, -0.25) is 4.90 Å². The van der Waals surface area contributed by atoms with Gasteiger partial charge in [0.05, 0.1) is 27.9 Å². The predicted octanol–water partition coefficient (Wildman–Crippen LogP) is 2.60. The van der Waals surface area contributed by atoms with Gasteiger partial charge in [0.1, 0.15) is 24.2 Å². The molecule has 160 valence electrons. The fraction of sp³-hybridized carbons (Fsp3) is 0.455. The molecule has 0 radical (unpaired) electrons. The summed E-state index contributed by atoms with van der Waals surface area (Å²) >= 11 is 0. The topological polar surface area (TPSA) is 69.6 Å². The Kier molecular flexibility index (Phi) is 9.56. The van der Waals surface area contributed by atoms with Gasteiger partial charge in [0.15, 0.2) is 11.5 Å². The van der Waals surface area contributed by atoms with E-state index < -0.39 is 6.10 Å². The Morgan fingerprint density at radius 2 is 1.62 bits per heavy atom. The molecule has 0 saturated heterocycles. The van der Waals surface area contributed by atoms with E-state index in [2.05, 4.69) is 4.90 Å². The number of nitrogens with zero attached hydrogens (tertiary/aromatic N) is 1. The van der Waals surface area contributed by atoms with Gasteiger partial charge in [0.25, 0.3) is 0 Å². The number of hydrogen-bond acceptors (Lipinski definition) is 7. The van der Waals surface area contributed by atoms with Crippen LogP contribution in [0.2, 0.25) is 0 Å². The summed E-state index contributed by atoms with van der Waals surface area (Å²) in [7, 11) is 6.52. The highest BCUT2D eigenvalue weighted by Gasteiger charge is 2.17. The summed E-state index contributed by atoms with van der Waals surface area (Å²) in [5.74, 6) is 2.82. The van der Waals surface area contributed by atoms with E-state index in [4.69, 9.17) is 23.7 Å². The van der Waals surface area contributed by atoms with E-state index in [1.165, 1.54) is 0 Å². The van der Waals surface area contributed by atoms with Gasteiger partial charge in [0, 0.05) is 32.3 Å². The summed E-state index contributed by atoms with van der Waals surface area (Å²) in [5.41, 5.74) is 0.978. The largest absolute Gasteiger partial charge is 0.497 e. The molecule has 0 amide bonds. The van der Waals surface area contributed by atoms with Crippen LogP contribution in [0.25, 0.3) is 0 Å². The van der Waals surface area contributed by atoms with Gasteiger partial charge >= 0.3 is 0 Å². The van der Waals surface area contributed by atoms with Crippen LogP contribution in [0, 0.1) is 0 Å². The first-order valence-corrected chi connectivity index (χ1v) is 9.47. The van der Waals surface area contributed by atoms with Crippen molar-refractivity contribution in [3.63, 3.8) is 0 Å². The predicted molar refractivity (Wildman–Crippen MR) is 111 cm³/mol. The number of hydrogen-bond donors (Lipinski definition) is 1. The number of para-hydroxylation sites is 1. The van der Waals surface area contributed by atoms with Crippen LogP contribution in [-0.4, -0.2) is 70.9 Å². The monoisotopic (exact) mass is 405 g/mol. The second kappa shape index (κ2) is 12.2. The lowest BCUT2D eigenvalue weighted by Gasteiger charge is -2.26. The first-order valence-electron chi connectivity index (χ1n) is 9.47. The lowest BCUT2D eigenvalue weighted by Crippen LogP contribution is -2.37. The molecule has 0 aromatic heterocycles. The van der Waals surface area contributed by atoms with Crippen molar-refractivity contribution in [1.29, 1.82) is 0 Å². The second-order valence-corrected chi connectivity index (χ2v) is 6.52. The van der Waals surface area contributed by atoms with Gasteiger partial charge in [-0.05, 0) is 30.3 Å². The molecule has 7 heteroatoms. The summed E-state index contributed by atoms with van der Waals surface area (Å²) in [6.07, 6.45) is -0.662. The molecule has 0 aliphatic heterocycles. The van der Waals surface area contributed by atoms with Crippen LogP contribution in [0.15, 0.2) is 42.5 Å². The molecule has 0 saturated carbocycles. The Hall–Kier alpha value is -2.48. The second-order valence-electron chi connectivity index (χ2n) is 6.52. The minimum absolute atomic E-state index is 0.186. The average Bonchev–Trinajstić information content (AvgIpc) is 2.76. The van der Waals surface area contributed by atoms with Crippen molar-refractivity contribution in [2.75, 3.05) is 54.7 Å². The van der Waals surface area contributed by atoms with Crippen LogP contribution >= 0.6 is 0 Å². The summed E-state index contributed by atoms with van der Waals surface area (Å²) < 4.78 is 27.0. The molecule has 0 spiro atoms. The average molecular weight is 405 g/mol. The van der Waals surface area contributed by atoms with Gasteiger partial charge in [-0.15, -0.1) is 0 Å². The van der Waals surface area contributed by atoms with Crippen molar-refractivity contribution in [1.82, 2.24) is 4.90 Å². The fourth-order valence-electron chi connectivity index (χ4n) is 2.99. The number of ether oxygens (including phenoxy) is 5. The van der Waals surface area contributed by atoms with Crippen LogP contribution in [0.1, 0.15) is 5.56 Å². The fourth-order valence-corrected chi connectivity index (χ4v) is 2.99. The van der Waals surface area contributed by atoms with Crippen molar-refractivity contribution in [3.8, 4) is 23.0 Å². The van der Waals surface area contributed by atoms with Gasteiger partial charge in [0.2, 0.25) is 0 Å². The molecule has 0 unspecified atom stereocenters. The molecule has 2 aromatic carbocycles. The minimum Gasteiger partial charge on any atom is -0.497 e. The summed E-state index contributed by atoms with van der Waals surface area (Å²) in [5, 5.41) is 10.5. The molecular weight excluding hydrogens is 374 g/mol. The quantitative estimate of drug-likeness (QED) is 0.549. The smallest absolute Gasteiger partial charge is 0.165 e. The molecule has 0 aliphatic rings. The van der Waals surface area contributed by atoms with E-state index >= 15 is 0 Å². The molecule has 1 atom stereocenters. The number of aliphatic hydroxyl groups excluding tert-OH is 1. The van der Waals surface area contributed by atoms with Crippen LogP contribution < -0.4 is 18.9 Å². The van der Waals surface area contributed by atoms with Crippen molar-refractivity contribution >= 4 is 0 Å². The maximum Gasteiger partial charge on any atom is 0.165 e. The van der Waals surface area contributed by atoms with Crippen LogP contribution in [0.4, 0.5) is 0 Å². The SMILES string of the molecule is COCCN(Cc1cccc(OC)c1OC)C[C@H](O)COc1ccc(OC)cc1. The van der Waals surface area contributed by atoms with E-state index in [-0.39, 0.29) is 6.61 Å². The summed E-state index contributed by atoms with van der Waals surface area (Å²) in [6, 6.07) is 13.0. The van der Waals surface area contributed by atoms with Crippen LogP contribution in [0.3, 0.4) is 0 Å². The van der Waals surface area contributed by atoms with E-state index in [0.29, 0.717) is 43.5 Å². The van der Waals surface area contributed by atoms with Crippen LogP contribution in [-0.2, 0) is 11.3 Å². The van der Waals surface area contributed by atoms with Gasteiger partial charge in [-0.25, -0.2) is 0 Å². The van der Waals surface area contributed by atoms with E-state index in [0.717, 1.165) is 11.3 Å². The third-order valence-corrected chi connectivity index (χ3v) is 4.46. The Bertz CT molecular complexity index is 722. The van der Waals surface area contributed by atoms with Crippen LogP contribution in [0.5, 0.6) is 23.0 Å². The van der Waals surface area contributed by atoms with Crippen molar-refractivity contribution in [2.24, 2.45) is 0 Å². The molecule has 2 aromatic rings. The van der Waals surface area contributed by atoms with Gasteiger partial charge in [-0.1, -0.05) is 12.1 Å². The zero-order valence-electron chi connectivity index (χ0n) is 17.6. The molecular formula is C22H31NO6. The maximum atomic E-state index is 10.5. The Balaban J connectivity index is 1.98. The molecule has 2 rings (SSSR count). The van der Waals surface area contributed by atoms with E-state index in [1.54, 1.807) is 28.4 Å². The summed E-state index contributed by atoms with van der Waals surface area (Å²) in [4.78, 5) is 2.10. The number of benzene rings is 2. The van der Waals surface area contributed by atoms with Crippen molar-refractivity contribution in [3.05, 3.63) is 48.0 Å². The Morgan fingerprint density at radius 3 is 2.24 bits per heavy atom. The normalized spacial score (nSPS) is 11.9. The molecule has 1 N–H and O–H groups in total. The van der Waals surface area contributed by atoms with Crippen molar-refractivity contribution in [2.45, 2.75) is 12.6 Å². The highest BCUT2D eigenvalue weighted by atomic mass is 16.5. The first-order chi connectivity index (χ1) is 14.1. The first kappa shape index (κ1) is 22.8. The highest BCUT2D eigenvalue weighted by molar-refractivity contribution is 5.46. The minimum atomic E-state index is -0.662. The molecule has 0 bridgehead atoms. The number of methoxy groups -OCH3 is 4. The zero-order valence-corrected chi connectivity index (χ0v) is 17.6. The number of rotatable bonds is 13. The lowest BCUT2D eigenvalue weighted by atomic mass is 10.1. The standard InChI is InChI=1S/C22H31NO6/c1-25-13-12-23(14-17-6-5-7-21(27-3)22(17)28-4)15-18(24)16-29-20-10-8-19(26-2)9-11-20/h5-11,18,24H,12-16H2,1-4H3/t18-/m0/s1. The highest BCUT2D eigenvalue weighted by Crippen LogP contribution is 2.31. The van der Waals surface area contributed by atoms with Crippen molar-refractivity contribution < 1.29 is 28.8 Å². The Labute approximate surface area is 172 Å². The Morgan fingerprint density at radius 1 is 0.897 bits per heavy atom. The zero-order chi connectivity index (χ0) is 21.1. The maximum absolute atomic E-state index is 10.5. The summed E-state index contributed by atoms with van der Waals surface area (Å²) in [6.45, 7) is 2.42. The molecule has 0 fully saturated rings. The van der Waals surface area contributed by atoms with E-state index in [9.17, 15) is 5.11 Å². The van der Waals surface area contributed by atoms with Gasteiger partial charge in [-0.2, -0.15) is 0 Å². The third-order valence-electron chi connectivity index (χ3n) is 4.46. The molecule has 7 nitrogen and oxygen atoms in total.